The first-order valence-electron chi connectivity index (χ1n) is 6.08. The van der Waals surface area contributed by atoms with Crippen LogP contribution in [0, 0.1) is 0 Å². The molecule has 1 aliphatic heterocycles. The van der Waals surface area contributed by atoms with Crippen LogP contribution in [-0.2, 0) is 4.79 Å². The summed E-state index contributed by atoms with van der Waals surface area (Å²) in [7, 11) is 1.78. The third kappa shape index (κ3) is 2.74. The van der Waals surface area contributed by atoms with Gasteiger partial charge in [-0.3, -0.25) is 4.79 Å². The van der Waals surface area contributed by atoms with Crippen LogP contribution >= 0.6 is 11.8 Å². The Morgan fingerprint density at radius 2 is 2.05 bits per heavy atom. The highest BCUT2D eigenvalue weighted by Gasteiger charge is 2.25. The largest absolute Gasteiger partial charge is 0.392 e. The lowest BCUT2D eigenvalue weighted by molar-refractivity contribution is -0.114. The van der Waals surface area contributed by atoms with Crippen molar-refractivity contribution in [3.8, 4) is 0 Å². The molecule has 0 saturated heterocycles. The van der Waals surface area contributed by atoms with Gasteiger partial charge in [0.25, 0.3) is 5.91 Å². The number of carbonyl (C=O) groups excluding carboxylic acids is 1. The predicted molar refractivity (Wildman–Crippen MR) is 79.3 cm³/mol. The molecule has 1 N–H and O–H groups in total. The van der Waals surface area contributed by atoms with Crippen molar-refractivity contribution in [2.24, 2.45) is 0 Å². The van der Waals surface area contributed by atoms with E-state index in [-0.39, 0.29) is 12.5 Å². The Morgan fingerprint density at radius 3 is 2.74 bits per heavy atom. The molecular weight excluding hydrogens is 258 g/mol. The standard InChI is InChI=1S/C15H17NO2S/c1-10(11(2)9-17)8-14-15(18)16(3)12-6-4-5-7-13(12)19-14/h4-8,17H,9H2,1-3H3/b11-10+,14-8+. The second-order valence-electron chi connectivity index (χ2n) is 4.56. The summed E-state index contributed by atoms with van der Waals surface area (Å²) in [6.45, 7) is 3.79. The summed E-state index contributed by atoms with van der Waals surface area (Å²) in [6.07, 6.45) is 1.85. The molecule has 100 valence electrons. The molecule has 0 atom stereocenters. The van der Waals surface area contributed by atoms with E-state index in [2.05, 4.69) is 0 Å². The monoisotopic (exact) mass is 275 g/mol. The first-order chi connectivity index (χ1) is 9.04. The molecule has 0 aromatic heterocycles. The Morgan fingerprint density at radius 1 is 1.37 bits per heavy atom. The van der Waals surface area contributed by atoms with Crippen LogP contribution in [0.3, 0.4) is 0 Å². The van der Waals surface area contributed by atoms with Crippen molar-refractivity contribution in [2.75, 3.05) is 18.6 Å². The lowest BCUT2D eigenvalue weighted by Crippen LogP contribution is -2.30. The third-order valence-electron chi connectivity index (χ3n) is 3.22. The Labute approximate surface area is 117 Å². The summed E-state index contributed by atoms with van der Waals surface area (Å²) in [5, 5.41) is 9.12. The number of allylic oxidation sites excluding steroid dienone is 2. The minimum atomic E-state index is -0.00575. The number of nitrogens with zero attached hydrogens (tertiary/aromatic N) is 1. The van der Waals surface area contributed by atoms with Gasteiger partial charge in [-0.05, 0) is 43.2 Å². The van der Waals surface area contributed by atoms with Gasteiger partial charge in [-0.15, -0.1) is 0 Å². The van der Waals surface area contributed by atoms with Gasteiger partial charge in [0.15, 0.2) is 0 Å². The van der Waals surface area contributed by atoms with E-state index in [1.807, 2.05) is 44.2 Å². The van der Waals surface area contributed by atoms with Crippen molar-refractivity contribution in [1.29, 1.82) is 0 Å². The minimum Gasteiger partial charge on any atom is -0.392 e. The van der Waals surface area contributed by atoms with Crippen LogP contribution in [0.5, 0.6) is 0 Å². The average molecular weight is 275 g/mol. The van der Waals surface area contributed by atoms with Gasteiger partial charge in [-0.1, -0.05) is 23.9 Å². The molecule has 0 radical (unpaired) electrons. The Hall–Kier alpha value is -1.52. The highest BCUT2D eigenvalue weighted by atomic mass is 32.2. The molecule has 1 amide bonds. The molecular formula is C15H17NO2S. The summed E-state index contributed by atoms with van der Waals surface area (Å²) in [4.78, 5) is 15.7. The van der Waals surface area contributed by atoms with Gasteiger partial charge in [-0.25, -0.2) is 0 Å². The van der Waals surface area contributed by atoms with Crippen molar-refractivity contribution >= 4 is 23.4 Å². The number of carbonyl (C=O) groups is 1. The number of benzene rings is 1. The first-order valence-corrected chi connectivity index (χ1v) is 6.90. The topological polar surface area (TPSA) is 40.5 Å². The van der Waals surface area contributed by atoms with Gasteiger partial charge in [0.2, 0.25) is 0 Å². The molecule has 0 saturated carbocycles. The van der Waals surface area contributed by atoms with E-state index in [1.165, 1.54) is 11.8 Å². The second-order valence-corrected chi connectivity index (χ2v) is 5.65. The number of hydrogen-bond acceptors (Lipinski definition) is 3. The zero-order valence-corrected chi connectivity index (χ0v) is 12.1. The van der Waals surface area contributed by atoms with Crippen LogP contribution in [0.15, 0.2) is 51.3 Å². The number of amides is 1. The normalized spacial score (nSPS) is 18.4. The SMILES string of the molecule is CC(/C=C1/Sc2ccccc2N(C)C1=O)=C(/C)CO. The zero-order chi connectivity index (χ0) is 14.0. The number of thioether (sulfide) groups is 1. The van der Waals surface area contributed by atoms with E-state index in [1.54, 1.807) is 11.9 Å². The summed E-state index contributed by atoms with van der Waals surface area (Å²) >= 11 is 1.48. The molecule has 19 heavy (non-hydrogen) atoms. The fourth-order valence-electron chi connectivity index (χ4n) is 1.79. The highest BCUT2D eigenvalue weighted by molar-refractivity contribution is 8.04. The summed E-state index contributed by atoms with van der Waals surface area (Å²) < 4.78 is 0. The lowest BCUT2D eigenvalue weighted by atomic mass is 10.1. The van der Waals surface area contributed by atoms with Gasteiger partial charge < -0.3 is 10.0 Å². The molecule has 0 fully saturated rings. The van der Waals surface area contributed by atoms with Gasteiger partial charge >= 0.3 is 0 Å². The molecule has 1 aliphatic rings. The van der Waals surface area contributed by atoms with Gasteiger partial charge in [-0.2, -0.15) is 0 Å². The number of para-hydroxylation sites is 1. The van der Waals surface area contributed by atoms with Crippen LogP contribution in [-0.4, -0.2) is 24.7 Å². The molecule has 3 nitrogen and oxygen atoms in total. The zero-order valence-electron chi connectivity index (χ0n) is 11.3. The number of aliphatic hydroxyl groups excluding tert-OH is 1. The van der Waals surface area contributed by atoms with E-state index < -0.39 is 0 Å². The lowest BCUT2D eigenvalue weighted by Gasteiger charge is -2.26. The van der Waals surface area contributed by atoms with Crippen molar-refractivity contribution < 1.29 is 9.90 Å². The van der Waals surface area contributed by atoms with Crippen molar-refractivity contribution in [2.45, 2.75) is 18.7 Å². The highest BCUT2D eigenvalue weighted by Crippen LogP contribution is 2.40. The number of fused-ring (bicyclic) bond motifs is 1. The molecule has 2 rings (SSSR count). The Bertz CT molecular complexity index is 575. The maximum absolute atomic E-state index is 12.3. The van der Waals surface area contributed by atoms with Crippen LogP contribution in [0.25, 0.3) is 0 Å². The van der Waals surface area contributed by atoms with Crippen molar-refractivity contribution in [3.63, 3.8) is 0 Å². The third-order valence-corrected chi connectivity index (χ3v) is 4.30. The first kappa shape index (κ1) is 13.9. The number of aliphatic hydroxyl groups is 1. The summed E-state index contributed by atoms with van der Waals surface area (Å²) in [5.41, 5.74) is 2.75. The van der Waals surface area contributed by atoms with Crippen molar-refractivity contribution in [1.82, 2.24) is 0 Å². The van der Waals surface area contributed by atoms with Gasteiger partial charge in [0, 0.05) is 11.9 Å². The van der Waals surface area contributed by atoms with Crippen LogP contribution in [0.4, 0.5) is 5.69 Å². The quantitative estimate of drug-likeness (QED) is 0.844. The maximum atomic E-state index is 12.3. The smallest absolute Gasteiger partial charge is 0.264 e. The summed E-state index contributed by atoms with van der Waals surface area (Å²) in [5.74, 6) is -0.00575. The van der Waals surface area contributed by atoms with Crippen LogP contribution in [0.2, 0.25) is 0 Å². The van der Waals surface area contributed by atoms with E-state index >= 15 is 0 Å². The predicted octanol–water partition coefficient (Wildman–Crippen LogP) is 2.97. The van der Waals surface area contributed by atoms with E-state index in [9.17, 15) is 4.79 Å². The van der Waals surface area contributed by atoms with Gasteiger partial charge in [0.05, 0.1) is 17.2 Å². The second kappa shape index (κ2) is 5.63. The fourth-order valence-corrected chi connectivity index (χ4v) is 2.95. The number of likely N-dealkylation sites (N-methyl/N-ethyl adjacent to an activating group) is 1. The Balaban J connectivity index is 2.42. The number of anilines is 1. The molecule has 1 heterocycles. The fraction of sp³-hybridized carbons (Fsp3) is 0.267. The molecule has 0 unspecified atom stereocenters. The number of hydrogen-bond donors (Lipinski definition) is 1. The van der Waals surface area contributed by atoms with Gasteiger partial charge in [0.1, 0.15) is 0 Å². The van der Waals surface area contributed by atoms with Crippen LogP contribution < -0.4 is 4.90 Å². The van der Waals surface area contributed by atoms with Crippen molar-refractivity contribution in [3.05, 3.63) is 46.4 Å². The summed E-state index contributed by atoms with van der Waals surface area (Å²) in [6, 6.07) is 7.85. The van der Waals surface area contributed by atoms with E-state index in [0.717, 1.165) is 21.7 Å². The maximum Gasteiger partial charge on any atom is 0.264 e. The average Bonchev–Trinajstić information content (AvgIpc) is 2.43. The molecule has 1 aromatic rings. The number of rotatable bonds is 2. The molecule has 4 heteroatoms. The minimum absolute atomic E-state index is 0.00575. The Kier molecular flexibility index (Phi) is 4.12. The molecule has 0 spiro atoms. The molecule has 0 bridgehead atoms. The van der Waals surface area contributed by atoms with E-state index in [4.69, 9.17) is 5.11 Å². The van der Waals surface area contributed by atoms with Crippen LogP contribution in [0.1, 0.15) is 13.8 Å². The van der Waals surface area contributed by atoms with E-state index in [0.29, 0.717) is 4.91 Å². The molecule has 1 aromatic carbocycles. The molecule has 0 aliphatic carbocycles.